The van der Waals surface area contributed by atoms with Crippen LogP contribution in [-0.4, -0.2) is 33.2 Å². The molecule has 0 radical (unpaired) electrons. The summed E-state index contributed by atoms with van der Waals surface area (Å²) in [5.74, 6) is 2.59. The van der Waals surface area contributed by atoms with Gasteiger partial charge in [-0.2, -0.15) is 5.10 Å². The minimum atomic E-state index is 0.834. The van der Waals surface area contributed by atoms with E-state index in [1.807, 2.05) is 0 Å². The van der Waals surface area contributed by atoms with Gasteiger partial charge in [-0.05, 0) is 37.8 Å². The van der Waals surface area contributed by atoms with E-state index < -0.39 is 0 Å². The van der Waals surface area contributed by atoms with Gasteiger partial charge in [0.15, 0.2) is 5.82 Å². The lowest BCUT2D eigenvalue weighted by molar-refractivity contribution is 0.245. The Hall–Kier alpha value is -0.900. The molecular weight excluding hydrogens is 284 g/mol. The first kappa shape index (κ1) is 20.1. The summed E-state index contributed by atoms with van der Waals surface area (Å²) >= 11 is 0. The third-order valence-electron chi connectivity index (χ3n) is 4.34. The molecule has 1 N–H and O–H groups in total. The van der Waals surface area contributed by atoms with E-state index in [9.17, 15) is 0 Å². The number of unbranched alkanes of at least 4 members (excludes halogenated alkanes) is 4. The lowest BCUT2D eigenvalue weighted by Crippen LogP contribution is -2.26. The number of aromatic amines is 1. The lowest BCUT2D eigenvalue weighted by Gasteiger charge is -2.21. The van der Waals surface area contributed by atoms with Gasteiger partial charge in [-0.15, -0.1) is 0 Å². The fraction of sp³-hybridized carbons (Fsp3) is 0.895. The summed E-state index contributed by atoms with van der Waals surface area (Å²) in [4.78, 5) is 6.82. The number of H-pyrrole nitrogens is 1. The van der Waals surface area contributed by atoms with E-state index in [4.69, 9.17) is 0 Å². The van der Waals surface area contributed by atoms with Crippen molar-refractivity contribution in [2.75, 3.05) is 13.1 Å². The van der Waals surface area contributed by atoms with Gasteiger partial charge in [0.05, 0.1) is 6.54 Å². The van der Waals surface area contributed by atoms with Gasteiger partial charge in [-0.3, -0.25) is 10.00 Å². The SMILES string of the molecule is CC(C)CCCCCN(CCCCCC(C)C)Cc1nc[nH]n1. The van der Waals surface area contributed by atoms with Crippen LogP contribution in [0.2, 0.25) is 0 Å². The number of nitrogens with one attached hydrogen (secondary N) is 1. The number of hydrogen-bond acceptors (Lipinski definition) is 3. The van der Waals surface area contributed by atoms with Crippen LogP contribution in [0.1, 0.15) is 84.9 Å². The van der Waals surface area contributed by atoms with E-state index in [1.165, 1.54) is 64.5 Å². The fourth-order valence-electron chi connectivity index (χ4n) is 2.91. The van der Waals surface area contributed by atoms with Crippen LogP contribution in [0.15, 0.2) is 6.33 Å². The molecule has 4 heteroatoms. The molecule has 0 fully saturated rings. The molecule has 0 saturated carbocycles. The predicted molar refractivity (Wildman–Crippen MR) is 98.3 cm³/mol. The number of nitrogens with zero attached hydrogens (tertiary/aromatic N) is 3. The predicted octanol–water partition coefficient (Wildman–Crippen LogP) is 5.04. The molecular formula is C19H38N4. The summed E-state index contributed by atoms with van der Waals surface area (Å²) in [6.45, 7) is 12.5. The van der Waals surface area contributed by atoms with Crippen LogP contribution in [0.25, 0.3) is 0 Å². The zero-order chi connectivity index (χ0) is 16.9. The van der Waals surface area contributed by atoms with E-state index in [2.05, 4.69) is 47.8 Å². The second kappa shape index (κ2) is 12.5. The number of aromatic nitrogens is 3. The Balaban J connectivity index is 2.22. The van der Waals surface area contributed by atoms with Crippen molar-refractivity contribution >= 4 is 0 Å². The zero-order valence-corrected chi connectivity index (χ0v) is 15.9. The van der Waals surface area contributed by atoms with Crippen molar-refractivity contribution in [3.8, 4) is 0 Å². The summed E-state index contributed by atoms with van der Waals surface area (Å²) in [5.41, 5.74) is 0. The maximum absolute atomic E-state index is 4.28. The molecule has 134 valence electrons. The Kier molecular flexibility index (Phi) is 11.0. The Morgan fingerprint density at radius 1 is 0.870 bits per heavy atom. The summed E-state index contributed by atoms with van der Waals surface area (Å²) < 4.78 is 0. The first-order valence-electron chi connectivity index (χ1n) is 9.65. The first-order valence-corrected chi connectivity index (χ1v) is 9.65. The summed E-state index contributed by atoms with van der Waals surface area (Å²) in [5, 5.41) is 7.04. The van der Waals surface area contributed by atoms with Gasteiger partial charge >= 0.3 is 0 Å². The van der Waals surface area contributed by atoms with Gasteiger partial charge < -0.3 is 0 Å². The topological polar surface area (TPSA) is 44.8 Å². The summed E-state index contributed by atoms with van der Waals surface area (Å²) in [7, 11) is 0. The second-order valence-corrected chi connectivity index (χ2v) is 7.68. The molecule has 0 atom stereocenters. The second-order valence-electron chi connectivity index (χ2n) is 7.68. The van der Waals surface area contributed by atoms with Gasteiger partial charge in [0.2, 0.25) is 0 Å². The highest BCUT2D eigenvalue weighted by Crippen LogP contribution is 2.12. The van der Waals surface area contributed by atoms with Crippen LogP contribution in [0.3, 0.4) is 0 Å². The molecule has 0 bridgehead atoms. The highest BCUT2D eigenvalue weighted by atomic mass is 15.2. The Morgan fingerprint density at radius 2 is 1.43 bits per heavy atom. The lowest BCUT2D eigenvalue weighted by atomic mass is 10.0. The molecule has 0 unspecified atom stereocenters. The van der Waals surface area contributed by atoms with Crippen LogP contribution in [0, 0.1) is 11.8 Å². The maximum atomic E-state index is 4.28. The van der Waals surface area contributed by atoms with Crippen LogP contribution < -0.4 is 0 Å². The van der Waals surface area contributed by atoms with Crippen molar-refractivity contribution in [2.24, 2.45) is 11.8 Å². The van der Waals surface area contributed by atoms with Crippen molar-refractivity contribution in [3.63, 3.8) is 0 Å². The minimum Gasteiger partial charge on any atom is -0.296 e. The molecule has 0 aliphatic heterocycles. The van der Waals surface area contributed by atoms with Crippen molar-refractivity contribution < 1.29 is 0 Å². The maximum Gasteiger partial charge on any atom is 0.164 e. The minimum absolute atomic E-state index is 0.834. The van der Waals surface area contributed by atoms with Crippen LogP contribution in [0.5, 0.6) is 0 Å². The van der Waals surface area contributed by atoms with Gasteiger partial charge in [0, 0.05) is 0 Å². The van der Waals surface area contributed by atoms with Crippen molar-refractivity contribution in [1.82, 2.24) is 20.1 Å². The van der Waals surface area contributed by atoms with E-state index in [0.29, 0.717) is 0 Å². The smallest absolute Gasteiger partial charge is 0.164 e. The molecule has 0 amide bonds. The van der Waals surface area contributed by atoms with Crippen molar-refractivity contribution in [1.29, 1.82) is 0 Å². The number of rotatable bonds is 14. The molecule has 23 heavy (non-hydrogen) atoms. The van der Waals surface area contributed by atoms with Crippen molar-refractivity contribution in [2.45, 2.75) is 85.6 Å². The van der Waals surface area contributed by atoms with Gasteiger partial charge in [-0.25, -0.2) is 4.98 Å². The van der Waals surface area contributed by atoms with Gasteiger partial charge in [-0.1, -0.05) is 66.2 Å². The van der Waals surface area contributed by atoms with Gasteiger partial charge in [0.1, 0.15) is 6.33 Å². The Bertz CT molecular complexity index is 341. The quantitative estimate of drug-likeness (QED) is 0.488. The molecule has 4 nitrogen and oxygen atoms in total. The summed E-state index contributed by atoms with van der Waals surface area (Å²) in [6.07, 6.45) is 12.4. The van der Waals surface area contributed by atoms with Crippen LogP contribution in [0.4, 0.5) is 0 Å². The van der Waals surface area contributed by atoms with E-state index in [1.54, 1.807) is 6.33 Å². The molecule has 1 heterocycles. The fourth-order valence-corrected chi connectivity index (χ4v) is 2.91. The van der Waals surface area contributed by atoms with E-state index in [0.717, 1.165) is 24.2 Å². The summed E-state index contributed by atoms with van der Waals surface area (Å²) in [6, 6.07) is 0. The highest BCUT2D eigenvalue weighted by molar-refractivity contribution is 4.80. The normalized spacial score (nSPS) is 12.0. The number of hydrogen-bond donors (Lipinski definition) is 1. The third kappa shape index (κ3) is 11.3. The molecule has 0 spiro atoms. The Labute approximate surface area is 143 Å². The monoisotopic (exact) mass is 322 g/mol. The largest absolute Gasteiger partial charge is 0.296 e. The van der Waals surface area contributed by atoms with Crippen LogP contribution >= 0.6 is 0 Å². The first-order chi connectivity index (χ1) is 11.1. The van der Waals surface area contributed by atoms with Crippen molar-refractivity contribution in [3.05, 3.63) is 12.2 Å². The molecule has 0 aliphatic carbocycles. The highest BCUT2D eigenvalue weighted by Gasteiger charge is 2.08. The molecule has 1 rings (SSSR count). The molecule has 1 aromatic rings. The van der Waals surface area contributed by atoms with E-state index in [-0.39, 0.29) is 0 Å². The van der Waals surface area contributed by atoms with Crippen LogP contribution in [-0.2, 0) is 6.54 Å². The van der Waals surface area contributed by atoms with E-state index >= 15 is 0 Å². The average molecular weight is 323 g/mol. The molecule has 1 aromatic heterocycles. The zero-order valence-electron chi connectivity index (χ0n) is 15.9. The van der Waals surface area contributed by atoms with Gasteiger partial charge in [0.25, 0.3) is 0 Å². The standard InChI is InChI=1S/C19H38N4/c1-17(2)11-7-5-9-13-23(15-19-20-16-21-22-19)14-10-6-8-12-18(3)4/h16-18H,5-15H2,1-4H3,(H,20,21,22). The third-order valence-corrected chi connectivity index (χ3v) is 4.34. The molecule has 0 aromatic carbocycles. The molecule has 0 aliphatic rings. The Morgan fingerprint density at radius 3 is 1.87 bits per heavy atom. The molecule has 0 saturated heterocycles. The average Bonchev–Trinajstić information content (AvgIpc) is 2.98.